The van der Waals surface area contributed by atoms with Crippen molar-refractivity contribution in [1.82, 2.24) is 24.6 Å². The lowest BCUT2D eigenvalue weighted by atomic mass is 10.3. The van der Waals surface area contributed by atoms with E-state index in [0.29, 0.717) is 36.5 Å². The molecule has 2 aromatic heterocycles. The Hall–Kier alpha value is -2.32. The number of nitrogens with zero attached hydrogens (tertiary/aromatic N) is 4. The monoisotopic (exact) mass is 347 g/mol. The van der Waals surface area contributed by atoms with Gasteiger partial charge < -0.3 is 9.72 Å². The Morgan fingerprint density at radius 2 is 2.24 bits per heavy atom. The molecule has 25 heavy (non-hydrogen) atoms. The van der Waals surface area contributed by atoms with Crippen molar-refractivity contribution in [2.75, 3.05) is 13.1 Å². The smallest absolute Gasteiger partial charge is 0.140 e. The van der Waals surface area contributed by atoms with E-state index in [0.717, 1.165) is 5.56 Å². The largest absolute Gasteiger partial charge is 0.366 e. The van der Waals surface area contributed by atoms with E-state index in [1.165, 1.54) is 12.1 Å². The van der Waals surface area contributed by atoms with Crippen LogP contribution in [0.3, 0.4) is 0 Å². The first-order valence-corrected chi connectivity index (χ1v) is 8.16. The van der Waals surface area contributed by atoms with Gasteiger partial charge in [-0.3, -0.25) is 9.58 Å². The number of hydrogen-bond donors (Lipinski definition) is 1. The van der Waals surface area contributed by atoms with E-state index in [2.05, 4.69) is 15.1 Å². The Morgan fingerprint density at radius 1 is 1.36 bits per heavy atom. The van der Waals surface area contributed by atoms with Crippen LogP contribution in [0.1, 0.15) is 11.4 Å². The fourth-order valence-electron chi connectivity index (χ4n) is 3.19. The van der Waals surface area contributed by atoms with Crippen molar-refractivity contribution >= 4 is 11.0 Å². The van der Waals surface area contributed by atoms with Crippen LogP contribution in [-0.2, 0) is 24.9 Å². The Morgan fingerprint density at radius 3 is 3.04 bits per heavy atom. The predicted molar refractivity (Wildman–Crippen MR) is 88.0 cm³/mol. The second-order valence-corrected chi connectivity index (χ2v) is 6.43. The van der Waals surface area contributed by atoms with Crippen LogP contribution in [0.25, 0.3) is 11.0 Å². The molecule has 132 valence electrons. The van der Waals surface area contributed by atoms with E-state index in [-0.39, 0.29) is 12.4 Å². The fourth-order valence-corrected chi connectivity index (χ4v) is 3.19. The summed E-state index contributed by atoms with van der Waals surface area (Å²) in [5.41, 5.74) is 2.33. The van der Waals surface area contributed by atoms with Crippen molar-refractivity contribution in [1.29, 1.82) is 0 Å². The predicted octanol–water partition coefficient (Wildman–Crippen LogP) is 2.17. The number of ether oxygens (including phenoxy) is 1. The number of benzene rings is 1. The van der Waals surface area contributed by atoms with Gasteiger partial charge in [-0.2, -0.15) is 5.10 Å². The molecular weight excluding hydrogens is 328 g/mol. The summed E-state index contributed by atoms with van der Waals surface area (Å²) in [5, 5.41) is 4.13. The number of rotatable bonds is 5. The second-order valence-electron chi connectivity index (χ2n) is 6.43. The molecule has 1 aliphatic rings. The standard InChI is InChI=1S/C17H19F2N5O/c1-23-6-11(5-20-23)7-24-8-13(19)16(9-24)25-10-17-21-14-3-2-12(18)4-15(14)22-17/h2-6,13,16H,7-10H2,1H3,(H,21,22). The Bertz CT molecular complexity index is 877. The van der Waals surface area contributed by atoms with Gasteiger partial charge in [-0.05, 0) is 18.2 Å². The van der Waals surface area contributed by atoms with Gasteiger partial charge in [0.25, 0.3) is 0 Å². The first-order valence-electron chi connectivity index (χ1n) is 8.16. The highest BCUT2D eigenvalue weighted by Gasteiger charge is 2.33. The number of aromatic nitrogens is 4. The molecule has 2 unspecified atom stereocenters. The van der Waals surface area contributed by atoms with Crippen molar-refractivity contribution in [3.05, 3.63) is 47.8 Å². The summed E-state index contributed by atoms with van der Waals surface area (Å²) >= 11 is 0. The number of alkyl halides is 1. The lowest BCUT2D eigenvalue weighted by molar-refractivity contribution is 0.00863. The molecule has 8 heteroatoms. The third-order valence-corrected chi connectivity index (χ3v) is 4.37. The molecule has 3 aromatic rings. The van der Waals surface area contributed by atoms with Gasteiger partial charge in [0, 0.05) is 38.4 Å². The van der Waals surface area contributed by atoms with Crippen molar-refractivity contribution in [2.45, 2.75) is 25.4 Å². The minimum Gasteiger partial charge on any atom is -0.366 e. The summed E-state index contributed by atoms with van der Waals surface area (Å²) in [6, 6.07) is 4.35. The molecule has 4 rings (SSSR count). The van der Waals surface area contributed by atoms with Crippen molar-refractivity contribution in [3.8, 4) is 0 Å². The first-order chi connectivity index (χ1) is 12.1. The molecule has 0 aliphatic carbocycles. The van der Waals surface area contributed by atoms with Crippen LogP contribution in [-0.4, -0.2) is 50.0 Å². The molecule has 0 saturated carbocycles. The number of nitrogens with one attached hydrogen (secondary N) is 1. The number of imidazole rings is 1. The number of likely N-dealkylation sites (tertiary alicyclic amines) is 1. The van der Waals surface area contributed by atoms with Gasteiger partial charge in [-0.15, -0.1) is 0 Å². The number of hydrogen-bond acceptors (Lipinski definition) is 4. The van der Waals surface area contributed by atoms with Crippen LogP contribution in [0.4, 0.5) is 8.78 Å². The van der Waals surface area contributed by atoms with Gasteiger partial charge in [-0.1, -0.05) is 0 Å². The van der Waals surface area contributed by atoms with Gasteiger partial charge in [0.2, 0.25) is 0 Å². The van der Waals surface area contributed by atoms with Crippen LogP contribution in [0.2, 0.25) is 0 Å². The zero-order chi connectivity index (χ0) is 17.4. The van der Waals surface area contributed by atoms with E-state index < -0.39 is 12.3 Å². The SMILES string of the molecule is Cn1cc(CN2CC(F)C(OCc3nc4ccc(F)cc4[nH]3)C2)cn1. The van der Waals surface area contributed by atoms with Gasteiger partial charge in [-0.25, -0.2) is 13.8 Å². The summed E-state index contributed by atoms with van der Waals surface area (Å²) in [6.07, 6.45) is 2.17. The highest BCUT2D eigenvalue weighted by molar-refractivity contribution is 5.74. The number of fused-ring (bicyclic) bond motifs is 1. The number of aryl methyl sites for hydroxylation is 1. The average Bonchev–Trinajstić information content (AvgIpc) is 3.24. The van der Waals surface area contributed by atoms with Crippen LogP contribution in [0, 0.1) is 5.82 Å². The Kier molecular flexibility index (Phi) is 4.22. The molecule has 0 amide bonds. The van der Waals surface area contributed by atoms with E-state index in [1.807, 2.05) is 18.1 Å². The van der Waals surface area contributed by atoms with Crippen LogP contribution in [0.5, 0.6) is 0 Å². The summed E-state index contributed by atoms with van der Waals surface area (Å²) in [4.78, 5) is 9.36. The van der Waals surface area contributed by atoms with Crippen LogP contribution < -0.4 is 0 Å². The molecule has 1 fully saturated rings. The number of aromatic amines is 1. The minimum atomic E-state index is -1.04. The van der Waals surface area contributed by atoms with Crippen LogP contribution in [0.15, 0.2) is 30.6 Å². The molecular formula is C17H19F2N5O. The summed E-state index contributed by atoms with van der Waals surface area (Å²) < 4.78 is 34.9. The lowest BCUT2D eigenvalue weighted by Gasteiger charge is -2.14. The molecule has 6 nitrogen and oxygen atoms in total. The van der Waals surface area contributed by atoms with Crippen LogP contribution >= 0.6 is 0 Å². The third kappa shape index (κ3) is 3.54. The van der Waals surface area contributed by atoms with E-state index in [4.69, 9.17) is 4.74 Å². The van der Waals surface area contributed by atoms with Gasteiger partial charge in [0.1, 0.15) is 30.5 Å². The molecule has 1 saturated heterocycles. The van der Waals surface area contributed by atoms with E-state index in [9.17, 15) is 8.78 Å². The highest BCUT2D eigenvalue weighted by atomic mass is 19.1. The zero-order valence-electron chi connectivity index (χ0n) is 13.8. The number of H-pyrrole nitrogens is 1. The van der Waals surface area contributed by atoms with E-state index in [1.54, 1.807) is 16.9 Å². The maximum absolute atomic E-state index is 14.2. The maximum atomic E-state index is 14.2. The molecule has 0 spiro atoms. The lowest BCUT2D eigenvalue weighted by Crippen LogP contribution is -2.24. The minimum absolute atomic E-state index is 0.169. The highest BCUT2D eigenvalue weighted by Crippen LogP contribution is 2.21. The van der Waals surface area contributed by atoms with Gasteiger partial charge in [0.15, 0.2) is 0 Å². The second kappa shape index (κ2) is 6.53. The van der Waals surface area contributed by atoms with Crippen molar-refractivity contribution in [3.63, 3.8) is 0 Å². The molecule has 0 radical (unpaired) electrons. The first kappa shape index (κ1) is 16.2. The fraction of sp³-hybridized carbons (Fsp3) is 0.412. The van der Waals surface area contributed by atoms with E-state index >= 15 is 0 Å². The third-order valence-electron chi connectivity index (χ3n) is 4.37. The Labute approximate surface area is 143 Å². The topological polar surface area (TPSA) is 59.0 Å². The quantitative estimate of drug-likeness (QED) is 0.769. The number of halogens is 2. The van der Waals surface area contributed by atoms with Crippen molar-refractivity contribution in [2.24, 2.45) is 7.05 Å². The normalized spacial score (nSPS) is 21.4. The summed E-state index contributed by atoms with van der Waals surface area (Å²) in [5.74, 6) is 0.243. The molecule has 1 N–H and O–H groups in total. The molecule has 0 bridgehead atoms. The molecule has 2 atom stereocenters. The average molecular weight is 347 g/mol. The van der Waals surface area contributed by atoms with Gasteiger partial charge in [0.05, 0.1) is 17.2 Å². The molecule has 1 aromatic carbocycles. The molecule has 3 heterocycles. The molecule has 1 aliphatic heterocycles. The summed E-state index contributed by atoms with van der Waals surface area (Å²) in [6.45, 7) is 1.68. The Balaban J connectivity index is 1.35. The van der Waals surface area contributed by atoms with Gasteiger partial charge >= 0.3 is 0 Å². The zero-order valence-corrected chi connectivity index (χ0v) is 13.8. The summed E-state index contributed by atoms with van der Waals surface area (Å²) in [7, 11) is 1.86. The maximum Gasteiger partial charge on any atom is 0.140 e. The van der Waals surface area contributed by atoms with Crippen molar-refractivity contribution < 1.29 is 13.5 Å².